The van der Waals surface area contributed by atoms with E-state index in [9.17, 15) is 5.26 Å². The summed E-state index contributed by atoms with van der Waals surface area (Å²) in [4.78, 5) is 0. The van der Waals surface area contributed by atoms with Gasteiger partial charge in [-0.1, -0.05) is 38.1 Å². The molecule has 0 unspecified atom stereocenters. The lowest BCUT2D eigenvalue weighted by molar-refractivity contribution is -0.0867. The molecule has 1 heterocycles. The summed E-state index contributed by atoms with van der Waals surface area (Å²) in [5.74, 6) is 0.554. The quantitative estimate of drug-likeness (QED) is 0.812. The fourth-order valence-electron chi connectivity index (χ4n) is 3.03. The summed E-state index contributed by atoms with van der Waals surface area (Å²) < 4.78 is 5.45. The predicted octanol–water partition coefficient (Wildman–Crippen LogP) is 3.38. The summed E-state index contributed by atoms with van der Waals surface area (Å²) in [5.41, 5.74) is 2.47. The van der Waals surface area contributed by atoms with E-state index in [4.69, 9.17) is 4.74 Å². The third kappa shape index (κ3) is 1.44. The van der Waals surface area contributed by atoms with Gasteiger partial charge < -0.3 is 4.74 Å². The van der Waals surface area contributed by atoms with Gasteiger partial charge in [-0.3, -0.25) is 0 Å². The summed E-state index contributed by atoms with van der Waals surface area (Å²) in [7, 11) is 0. The Morgan fingerprint density at radius 1 is 1.17 bits per heavy atom. The van der Waals surface area contributed by atoms with E-state index < -0.39 is 0 Å². The number of hydrogen-bond donors (Lipinski definition) is 0. The van der Waals surface area contributed by atoms with Crippen molar-refractivity contribution in [3.8, 4) is 6.07 Å². The molecule has 1 saturated carbocycles. The van der Waals surface area contributed by atoms with Crippen LogP contribution in [0.5, 0.6) is 0 Å². The van der Waals surface area contributed by atoms with Crippen LogP contribution in [0.15, 0.2) is 24.3 Å². The molecular weight excluding hydrogens is 222 g/mol. The van der Waals surface area contributed by atoms with E-state index in [0.717, 1.165) is 12.8 Å². The van der Waals surface area contributed by atoms with Gasteiger partial charge in [0, 0.05) is 0 Å². The highest BCUT2D eigenvalue weighted by Gasteiger charge is 2.64. The highest BCUT2D eigenvalue weighted by molar-refractivity contribution is 5.40. The minimum Gasteiger partial charge on any atom is -0.379 e. The van der Waals surface area contributed by atoms with Crippen molar-refractivity contribution in [3.05, 3.63) is 35.4 Å². The van der Waals surface area contributed by atoms with Crippen molar-refractivity contribution >= 4 is 0 Å². The van der Waals surface area contributed by atoms with Gasteiger partial charge in [0.05, 0.1) is 30.1 Å². The Labute approximate surface area is 109 Å². The summed E-state index contributed by atoms with van der Waals surface area (Å²) in [6, 6.07) is 11.4. The molecule has 2 heteroatoms. The summed E-state index contributed by atoms with van der Waals surface area (Å²) in [6.07, 6.45) is 2.05. The van der Waals surface area contributed by atoms with Crippen LogP contribution >= 0.6 is 0 Å². The van der Waals surface area contributed by atoms with Crippen LogP contribution in [0.1, 0.15) is 43.7 Å². The highest BCUT2D eigenvalue weighted by Crippen LogP contribution is 2.62. The molecule has 94 valence electrons. The van der Waals surface area contributed by atoms with Gasteiger partial charge in [0.25, 0.3) is 0 Å². The zero-order chi connectivity index (χ0) is 12.8. The van der Waals surface area contributed by atoms with Gasteiger partial charge in [0.15, 0.2) is 0 Å². The molecule has 0 bridgehead atoms. The zero-order valence-corrected chi connectivity index (χ0v) is 11.1. The maximum atomic E-state index is 9.46. The Morgan fingerprint density at radius 2 is 1.78 bits per heavy atom. The average Bonchev–Trinajstić information content (AvgIpc) is 3.10. The molecule has 0 amide bonds. The first-order chi connectivity index (χ1) is 8.63. The van der Waals surface area contributed by atoms with E-state index in [1.165, 1.54) is 11.1 Å². The Morgan fingerprint density at radius 3 is 2.11 bits per heavy atom. The van der Waals surface area contributed by atoms with Gasteiger partial charge in [0.2, 0.25) is 0 Å². The zero-order valence-electron chi connectivity index (χ0n) is 11.1. The molecule has 1 aliphatic carbocycles. The third-order valence-corrected chi connectivity index (χ3v) is 4.71. The molecule has 2 nitrogen and oxygen atoms in total. The average molecular weight is 241 g/mol. The van der Waals surface area contributed by atoms with Gasteiger partial charge in [-0.15, -0.1) is 0 Å². The molecule has 2 fully saturated rings. The third-order valence-electron chi connectivity index (χ3n) is 4.71. The second-order valence-electron chi connectivity index (χ2n) is 6.05. The van der Waals surface area contributed by atoms with Crippen LogP contribution < -0.4 is 0 Å². The van der Waals surface area contributed by atoms with E-state index in [0.29, 0.717) is 19.1 Å². The van der Waals surface area contributed by atoms with Crippen LogP contribution in [0.2, 0.25) is 0 Å². The lowest BCUT2D eigenvalue weighted by atomic mass is 9.66. The number of nitrogens with zero attached hydrogens (tertiary/aromatic N) is 1. The first kappa shape index (κ1) is 11.7. The van der Waals surface area contributed by atoms with E-state index in [2.05, 4.69) is 44.2 Å². The molecule has 0 N–H and O–H groups in total. The Kier molecular flexibility index (Phi) is 2.50. The smallest absolute Gasteiger partial charge is 0.0716 e. The van der Waals surface area contributed by atoms with Crippen molar-refractivity contribution in [1.29, 1.82) is 5.26 Å². The van der Waals surface area contributed by atoms with Crippen LogP contribution in [0, 0.1) is 16.7 Å². The molecule has 0 aromatic heterocycles. The van der Waals surface area contributed by atoms with Gasteiger partial charge in [-0.2, -0.15) is 5.26 Å². The van der Waals surface area contributed by atoms with E-state index in [1.807, 2.05) is 0 Å². The number of rotatable bonds is 3. The molecular formula is C16H19NO. The summed E-state index contributed by atoms with van der Waals surface area (Å²) in [6.45, 7) is 5.83. The highest BCUT2D eigenvalue weighted by atomic mass is 16.5. The topological polar surface area (TPSA) is 33.0 Å². The standard InChI is InChI=1S/C16H19NO/c1-12(2)13-3-5-14(6-4-13)16(10-18-11-16)15(9-17)7-8-15/h3-6,12H,7-8,10-11H2,1-2H3. The fourth-order valence-corrected chi connectivity index (χ4v) is 3.03. The first-order valence-electron chi connectivity index (χ1n) is 6.73. The van der Waals surface area contributed by atoms with Gasteiger partial charge in [-0.25, -0.2) is 0 Å². The van der Waals surface area contributed by atoms with Crippen LogP contribution in [0.25, 0.3) is 0 Å². The minimum absolute atomic E-state index is 0.0305. The van der Waals surface area contributed by atoms with Crippen LogP contribution in [-0.2, 0) is 10.2 Å². The van der Waals surface area contributed by atoms with Crippen molar-refractivity contribution in [2.24, 2.45) is 5.41 Å². The fraction of sp³-hybridized carbons (Fsp3) is 0.562. The number of ether oxygens (including phenoxy) is 1. The van der Waals surface area contributed by atoms with Crippen molar-refractivity contribution in [2.75, 3.05) is 13.2 Å². The molecule has 0 radical (unpaired) electrons. The molecule has 1 aromatic carbocycles. The molecule has 1 aliphatic heterocycles. The lowest BCUT2D eigenvalue weighted by Gasteiger charge is -2.45. The van der Waals surface area contributed by atoms with Crippen molar-refractivity contribution in [1.82, 2.24) is 0 Å². The summed E-state index contributed by atoms with van der Waals surface area (Å²) in [5, 5.41) is 9.46. The second-order valence-corrected chi connectivity index (χ2v) is 6.05. The number of benzene rings is 1. The van der Waals surface area contributed by atoms with Gasteiger partial charge in [-0.05, 0) is 29.9 Å². The van der Waals surface area contributed by atoms with E-state index in [1.54, 1.807) is 0 Å². The Balaban J connectivity index is 1.96. The maximum absolute atomic E-state index is 9.46. The molecule has 1 saturated heterocycles. The number of nitriles is 1. The minimum atomic E-state index is -0.148. The van der Waals surface area contributed by atoms with Crippen molar-refractivity contribution in [3.63, 3.8) is 0 Å². The van der Waals surface area contributed by atoms with Crippen LogP contribution in [0.3, 0.4) is 0 Å². The monoisotopic (exact) mass is 241 g/mol. The predicted molar refractivity (Wildman–Crippen MR) is 70.3 cm³/mol. The molecule has 2 aliphatic rings. The molecule has 3 rings (SSSR count). The van der Waals surface area contributed by atoms with Crippen molar-refractivity contribution < 1.29 is 4.74 Å². The van der Waals surface area contributed by atoms with Crippen LogP contribution in [0.4, 0.5) is 0 Å². The van der Waals surface area contributed by atoms with E-state index >= 15 is 0 Å². The largest absolute Gasteiger partial charge is 0.379 e. The number of hydrogen-bond acceptors (Lipinski definition) is 2. The van der Waals surface area contributed by atoms with Crippen molar-refractivity contribution in [2.45, 2.75) is 38.0 Å². The van der Waals surface area contributed by atoms with Gasteiger partial charge >= 0.3 is 0 Å². The molecule has 0 atom stereocenters. The first-order valence-corrected chi connectivity index (χ1v) is 6.73. The molecule has 0 spiro atoms. The SMILES string of the molecule is CC(C)c1ccc(C2(C3(C#N)CC3)COC2)cc1. The Hall–Kier alpha value is -1.33. The van der Waals surface area contributed by atoms with Crippen LogP contribution in [-0.4, -0.2) is 13.2 Å². The molecule has 18 heavy (non-hydrogen) atoms. The van der Waals surface area contributed by atoms with E-state index in [-0.39, 0.29) is 10.8 Å². The lowest BCUT2D eigenvalue weighted by Crippen LogP contribution is -2.53. The summed E-state index contributed by atoms with van der Waals surface area (Å²) >= 11 is 0. The Bertz CT molecular complexity index is 487. The van der Waals surface area contributed by atoms with Gasteiger partial charge in [0.1, 0.15) is 0 Å². The normalized spacial score (nSPS) is 23.2. The molecule has 1 aromatic rings. The second kappa shape index (κ2) is 3.83. The maximum Gasteiger partial charge on any atom is 0.0716 e.